The first-order chi connectivity index (χ1) is 33.1. The van der Waals surface area contributed by atoms with Gasteiger partial charge in [-0.1, -0.05) is 135 Å². The van der Waals surface area contributed by atoms with Crippen LogP contribution in [-0.2, 0) is 43.0 Å². The fourth-order valence-corrected chi connectivity index (χ4v) is 7.39. The average Bonchev–Trinajstić information content (AvgIpc) is 3.30. The second-order valence-electron chi connectivity index (χ2n) is 19.0. The van der Waals surface area contributed by atoms with Gasteiger partial charge < -0.3 is 44.8 Å². The van der Waals surface area contributed by atoms with Crippen LogP contribution in [0.3, 0.4) is 0 Å². The van der Waals surface area contributed by atoms with E-state index in [2.05, 4.69) is 0 Å². The van der Waals surface area contributed by atoms with Crippen LogP contribution in [-0.4, -0.2) is 116 Å². The van der Waals surface area contributed by atoms with Gasteiger partial charge in [0.2, 0.25) is 0 Å². The number of carbonyl (C=O) groups excluding carboxylic acids is 5. The minimum Gasteiger partial charge on any atom is -0.481 e. The molecular weight excluding hydrogens is 913 g/mol. The summed E-state index contributed by atoms with van der Waals surface area (Å²) in [6, 6.07) is 0. The molecule has 2 rings (SSSR count). The number of Topliss-reactive ketones (excluding diaryl/α,β-unsaturated/α-hetero) is 2. The molecule has 0 aromatic rings. The molecule has 0 heterocycles. The zero-order valence-corrected chi connectivity index (χ0v) is 43.6. The topological polar surface area (TPSA) is 251 Å². The molecule has 0 bridgehead atoms. The van der Waals surface area contributed by atoms with Gasteiger partial charge in [0.05, 0.1) is 32.3 Å². The summed E-state index contributed by atoms with van der Waals surface area (Å²) in [4.78, 5) is 72.6. The zero-order valence-electron chi connectivity index (χ0n) is 43.6. The molecule has 71 heavy (non-hydrogen) atoms. The number of carbonyl (C=O) groups is 6. The summed E-state index contributed by atoms with van der Waals surface area (Å²) in [5, 5.41) is 56.0. The number of carboxylic acids is 1. The molecule has 0 aromatic heterocycles. The number of aliphatic carboxylic acids is 1. The average molecular weight is 991 g/mol. The summed E-state index contributed by atoms with van der Waals surface area (Å²) >= 11 is 0. The lowest BCUT2D eigenvalue weighted by Crippen LogP contribution is -2.47. The lowest BCUT2D eigenvalue weighted by atomic mass is 9.71. The third-order valence-corrected chi connectivity index (χ3v) is 11.8. The van der Waals surface area contributed by atoms with E-state index in [0.717, 1.165) is 27.9 Å². The number of hydrogen-bond donors (Lipinski definition) is 6. The number of rotatable bonds is 23. The van der Waals surface area contributed by atoms with Gasteiger partial charge in [-0.05, 0) is 88.5 Å². The molecule has 392 valence electrons. The minimum atomic E-state index is -1.88. The molecule has 6 N–H and O–H groups in total. The predicted molar refractivity (Wildman–Crippen MR) is 272 cm³/mol. The van der Waals surface area contributed by atoms with Crippen molar-refractivity contribution in [2.24, 2.45) is 10.8 Å². The van der Waals surface area contributed by atoms with Gasteiger partial charge in [0.15, 0.2) is 23.8 Å². The van der Waals surface area contributed by atoms with E-state index >= 15 is 0 Å². The fraction of sp³-hybridized carbons (Fsp3) is 0.500. The molecule has 0 aliphatic heterocycles. The molecular formula is C56H78O15. The first-order valence-corrected chi connectivity index (χ1v) is 23.7. The Hall–Kier alpha value is -5.84. The van der Waals surface area contributed by atoms with E-state index in [9.17, 15) is 49.2 Å². The highest BCUT2D eigenvalue weighted by Gasteiger charge is 2.41. The number of carboxylic acid groups (broad SMARTS) is 1. The zero-order chi connectivity index (χ0) is 54.2. The van der Waals surface area contributed by atoms with E-state index in [0.29, 0.717) is 17.6 Å². The first-order valence-electron chi connectivity index (χ1n) is 23.7. The van der Waals surface area contributed by atoms with Gasteiger partial charge in [0.25, 0.3) is 0 Å². The van der Waals surface area contributed by atoms with E-state index < -0.39 is 85.6 Å². The van der Waals surface area contributed by atoms with Crippen LogP contribution in [0.4, 0.5) is 0 Å². The van der Waals surface area contributed by atoms with Crippen LogP contribution in [0.15, 0.2) is 130 Å². The molecule has 6 atom stereocenters. The Morgan fingerprint density at radius 3 is 1.42 bits per heavy atom. The first kappa shape index (κ1) is 63.2. The predicted octanol–water partition coefficient (Wildman–Crippen LogP) is 7.66. The van der Waals surface area contributed by atoms with Crippen molar-refractivity contribution in [3.63, 3.8) is 0 Å². The Labute approximate surface area is 419 Å². The molecule has 0 radical (unpaired) electrons. The van der Waals surface area contributed by atoms with E-state index in [1.165, 1.54) is 5.57 Å². The summed E-state index contributed by atoms with van der Waals surface area (Å²) in [5.41, 5.74) is 6.35. The van der Waals surface area contributed by atoms with Gasteiger partial charge in [-0.2, -0.15) is 0 Å². The molecule has 0 saturated heterocycles. The van der Waals surface area contributed by atoms with Crippen LogP contribution in [0.2, 0.25) is 0 Å². The third kappa shape index (κ3) is 22.4. The minimum absolute atomic E-state index is 0.224. The Kier molecular flexibility index (Phi) is 27.4. The number of esters is 3. The molecule has 6 unspecified atom stereocenters. The normalized spacial score (nSPS) is 21.0. The summed E-state index contributed by atoms with van der Waals surface area (Å²) in [6.45, 7) is 21.8. The van der Waals surface area contributed by atoms with Gasteiger partial charge in [-0.15, -0.1) is 0 Å². The summed E-state index contributed by atoms with van der Waals surface area (Å²) in [5.74, 6) is -3.90. The van der Waals surface area contributed by atoms with Gasteiger partial charge in [0.1, 0.15) is 31.0 Å². The van der Waals surface area contributed by atoms with Crippen molar-refractivity contribution in [1.29, 1.82) is 0 Å². The number of allylic oxidation sites excluding steroid dienone is 20. The monoisotopic (exact) mass is 991 g/mol. The standard InChI is InChI=1S/C32H46O10.C24H32O5/c1-7-8-10-20(2)11-9-12-21(3)13-14-23-22(4)29(38)26(17-32(23,5)6)42-28(37)16-15-27(36)41-19-25(35)31(40)30(39)24(34)18-33;1-7-16(2)9-8-10-17(3)11-12-19-18(4)23(28)20(15-24(19,5)6)29-22(27)14-13-21(25)26/h7-14,24-26,30-31,33-35,39-40H,15-19H2,1-6H3;7-12,20H,13-15H2,1-6H3,(H,25,26)/b8-7+,11-9+,14-13+,20-10+,21-12+;9-8+,12-11+,16-7+,17-10+. The van der Waals surface area contributed by atoms with Crippen molar-refractivity contribution in [2.45, 2.75) is 158 Å². The highest BCUT2D eigenvalue weighted by atomic mass is 16.6. The summed E-state index contributed by atoms with van der Waals surface area (Å²) in [7, 11) is 0. The fourth-order valence-electron chi connectivity index (χ4n) is 7.39. The van der Waals surface area contributed by atoms with Crippen molar-refractivity contribution in [3.05, 3.63) is 130 Å². The SMILES string of the molecule is C/C=C(C)/C=C/C=C(C)/C=C/C1=C(C)C(=O)C(OC(=O)CCC(=O)O)CC1(C)C.C/C=C/C=C(C)/C=C/C=C(C)/C=C/C1=C(C)C(=O)C(OC(=O)CCC(=O)OCC(O)C(O)C(O)C(O)CO)CC1(C)C. The molecule has 0 amide bonds. The van der Waals surface area contributed by atoms with Crippen LogP contribution in [0, 0.1) is 10.8 Å². The molecule has 0 saturated carbocycles. The number of aliphatic hydroxyl groups is 5. The molecule has 0 aromatic carbocycles. The Balaban J connectivity index is 0.000000759. The maximum Gasteiger partial charge on any atom is 0.307 e. The van der Waals surface area contributed by atoms with Crippen LogP contribution >= 0.6 is 0 Å². The van der Waals surface area contributed by atoms with Gasteiger partial charge in [0, 0.05) is 12.8 Å². The smallest absolute Gasteiger partial charge is 0.307 e. The van der Waals surface area contributed by atoms with Crippen LogP contribution in [0.25, 0.3) is 0 Å². The lowest BCUT2D eigenvalue weighted by Gasteiger charge is -2.36. The van der Waals surface area contributed by atoms with Crippen molar-refractivity contribution >= 4 is 35.4 Å². The van der Waals surface area contributed by atoms with Gasteiger partial charge in [-0.25, -0.2) is 0 Å². The molecule has 15 heteroatoms. The van der Waals surface area contributed by atoms with Crippen molar-refractivity contribution in [2.75, 3.05) is 13.2 Å². The summed E-state index contributed by atoms with van der Waals surface area (Å²) < 4.78 is 15.5. The van der Waals surface area contributed by atoms with Crippen LogP contribution in [0.1, 0.15) is 122 Å². The highest BCUT2D eigenvalue weighted by Crippen LogP contribution is 2.42. The van der Waals surface area contributed by atoms with E-state index in [1.54, 1.807) is 13.8 Å². The molecule has 0 fully saturated rings. The Bertz CT molecular complexity index is 2230. The maximum absolute atomic E-state index is 13.0. The number of hydrogen-bond acceptors (Lipinski definition) is 14. The van der Waals surface area contributed by atoms with E-state index in [1.807, 2.05) is 154 Å². The number of ketones is 2. The van der Waals surface area contributed by atoms with E-state index in [4.69, 9.17) is 24.4 Å². The quantitative estimate of drug-likeness (QED) is 0.0327. The lowest BCUT2D eigenvalue weighted by molar-refractivity contribution is -0.161. The third-order valence-electron chi connectivity index (χ3n) is 11.8. The molecule has 2 aliphatic carbocycles. The van der Waals surface area contributed by atoms with Crippen molar-refractivity contribution in [3.8, 4) is 0 Å². The highest BCUT2D eigenvalue weighted by molar-refractivity contribution is 6.02. The molecule has 15 nitrogen and oxygen atoms in total. The number of aliphatic hydroxyl groups excluding tert-OH is 5. The Morgan fingerprint density at radius 1 is 0.606 bits per heavy atom. The largest absolute Gasteiger partial charge is 0.481 e. The molecule has 2 aliphatic rings. The second kappa shape index (κ2) is 30.8. The van der Waals surface area contributed by atoms with Crippen molar-refractivity contribution in [1.82, 2.24) is 0 Å². The van der Waals surface area contributed by atoms with Crippen LogP contribution in [0.5, 0.6) is 0 Å². The second-order valence-corrected chi connectivity index (χ2v) is 19.0. The number of ether oxygens (including phenoxy) is 3. The molecule has 0 spiro atoms. The Morgan fingerprint density at radius 2 is 1.00 bits per heavy atom. The maximum atomic E-state index is 13.0. The van der Waals surface area contributed by atoms with Gasteiger partial charge >= 0.3 is 23.9 Å². The van der Waals surface area contributed by atoms with Crippen LogP contribution < -0.4 is 0 Å². The van der Waals surface area contributed by atoms with E-state index in [-0.39, 0.29) is 42.7 Å². The summed E-state index contributed by atoms with van der Waals surface area (Å²) in [6.07, 6.45) is 18.0. The van der Waals surface area contributed by atoms with Gasteiger partial charge in [-0.3, -0.25) is 28.8 Å². The van der Waals surface area contributed by atoms with Crippen molar-refractivity contribution < 1.29 is 73.6 Å².